The first-order valence-corrected chi connectivity index (χ1v) is 11.3. The van der Waals surface area contributed by atoms with E-state index >= 15 is 0 Å². The molecule has 5 nitrogen and oxygen atoms in total. The van der Waals surface area contributed by atoms with Crippen LogP contribution in [0.2, 0.25) is 0 Å². The predicted molar refractivity (Wildman–Crippen MR) is 131 cm³/mol. The van der Waals surface area contributed by atoms with Gasteiger partial charge < -0.3 is 10.4 Å². The van der Waals surface area contributed by atoms with Crippen molar-refractivity contribution in [2.24, 2.45) is 0 Å². The van der Waals surface area contributed by atoms with Gasteiger partial charge in [-0.05, 0) is 53.8 Å². The molecular weight excluding hydrogens is 467 g/mol. The average Bonchev–Trinajstić information content (AvgIpc) is 2.88. The lowest BCUT2D eigenvalue weighted by Gasteiger charge is -2.14. The van der Waals surface area contributed by atoms with Crippen LogP contribution in [0.1, 0.15) is 45.6 Å². The third kappa shape index (κ3) is 6.14. The van der Waals surface area contributed by atoms with Gasteiger partial charge in [0.25, 0.3) is 5.91 Å². The molecule has 4 aromatic rings. The van der Waals surface area contributed by atoms with Gasteiger partial charge in [-0.1, -0.05) is 49.4 Å². The van der Waals surface area contributed by atoms with E-state index in [-0.39, 0.29) is 18.1 Å². The number of nitrogens with one attached hydrogen (secondary N) is 1. The van der Waals surface area contributed by atoms with Crippen LogP contribution in [-0.2, 0) is 19.2 Å². The largest absolute Gasteiger partial charge is 0.416 e. The smallest absolute Gasteiger partial charge is 0.392 e. The molecule has 0 aliphatic heterocycles. The van der Waals surface area contributed by atoms with E-state index in [1.165, 1.54) is 12.1 Å². The number of alkyl halides is 3. The summed E-state index contributed by atoms with van der Waals surface area (Å²) in [5.41, 5.74) is 3.73. The van der Waals surface area contributed by atoms with Crippen LogP contribution in [0, 0.1) is 0 Å². The highest BCUT2D eigenvalue weighted by Crippen LogP contribution is 2.30. The third-order valence-corrected chi connectivity index (χ3v) is 5.80. The van der Waals surface area contributed by atoms with Gasteiger partial charge in [0.1, 0.15) is 0 Å². The van der Waals surface area contributed by atoms with E-state index in [9.17, 15) is 23.1 Å². The van der Waals surface area contributed by atoms with Crippen molar-refractivity contribution in [1.82, 2.24) is 9.97 Å². The Bertz CT molecular complexity index is 1350. The lowest BCUT2D eigenvalue weighted by atomic mass is 9.95. The molecule has 0 bridgehead atoms. The molecule has 36 heavy (non-hydrogen) atoms. The lowest BCUT2D eigenvalue weighted by Crippen LogP contribution is -2.14. The summed E-state index contributed by atoms with van der Waals surface area (Å²) in [6.45, 7) is 2.00. The zero-order valence-electron chi connectivity index (χ0n) is 19.5. The van der Waals surface area contributed by atoms with Crippen molar-refractivity contribution in [3.63, 3.8) is 0 Å². The Morgan fingerprint density at radius 3 is 2.47 bits per heavy atom. The third-order valence-electron chi connectivity index (χ3n) is 5.80. The van der Waals surface area contributed by atoms with Crippen LogP contribution in [0.5, 0.6) is 0 Å². The molecular formula is C28H24F3N3O2. The molecule has 1 amide bonds. The van der Waals surface area contributed by atoms with Gasteiger partial charge in [-0.15, -0.1) is 0 Å². The molecule has 0 aliphatic carbocycles. The molecule has 1 aromatic heterocycles. The van der Waals surface area contributed by atoms with Gasteiger partial charge in [-0.25, -0.2) is 4.98 Å². The summed E-state index contributed by atoms with van der Waals surface area (Å²) in [7, 11) is 0. The fraction of sp³-hybridized carbons (Fsp3) is 0.179. The molecule has 4 rings (SSSR count). The molecule has 3 aromatic carbocycles. The molecule has 0 spiro atoms. The Kier molecular flexibility index (Phi) is 7.45. The maximum absolute atomic E-state index is 13.0. The standard InChI is InChI=1S/C28H24F3N3O2/c1-18(12-25-15-32-16-26(33-25)20-10-8-19(17-35)9-11-20)21-4-3-7-24(14-21)34-27(36)22-5-2-6-23(13-22)28(29,30)31/h2-11,13-16,18,35H,12,17H2,1H3,(H,34,36)/t18-/m1/s1. The van der Waals surface area contributed by atoms with Crippen molar-refractivity contribution in [1.29, 1.82) is 0 Å². The summed E-state index contributed by atoms with van der Waals surface area (Å²) < 4.78 is 38.9. The summed E-state index contributed by atoms with van der Waals surface area (Å²) in [6.07, 6.45) is -0.525. The number of carbonyl (C=O) groups excluding carboxylic acids is 1. The van der Waals surface area contributed by atoms with E-state index in [0.29, 0.717) is 12.1 Å². The summed E-state index contributed by atoms with van der Waals surface area (Å²) in [5.74, 6) is -0.576. The topological polar surface area (TPSA) is 75.1 Å². The van der Waals surface area contributed by atoms with Crippen molar-refractivity contribution in [3.8, 4) is 11.3 Å². The minimum Gasteiger partial charge on any atom is -0.392 e. The van der Waals surface area contributed by atoms with Crippen molar-refractivity contribution in [2.75, 3.05) is 5.32 Å². The van der Waals surface area contributed by atoms with Crippen molar-refractivity contribution in [2.45, 2.75) is 32.0 Å². The van der Waals surface area contributed by atoms with Crippen LogP contribution in [-0.4, -0.2) is 21.0 Å². The molecule has 184 valence electrons. The molecule has 0 saturated heterocycles. The minimum absolute atomic E-state index is 0.0248. The number of hydrogen-bond acceptors (Lipinski definition) is 4. The number of rotatable bonds is 7. The summed E-state index contributed by atoms with van der Waals surface area (Å²) in [5, 5.41) is 11.9. The number of nitrogens with zero attached hydrogens (tertiary/aromatic N) is 2. The Balaban J connectivity index is 1.46. The SMILES string of the molecule is C[C@H](Cc1cncc(-c2ccc(CO)cc2)n1)c1cccc(NC(=O)c2cccc(C(F)(F)F)c2)c1. The summed E-state index contributed by atoms with van der Waals surface area (Å²) in [4.78, 5) is 21.6. The van der Waals surface area contributed by atoms with E-state index in [4.69, 9.17) is 4.98 Å². The Labute approximate surface area is 206 Å². The van der Waals surface area contributed by atoms with Gasteiger partial charge in [0.2, 0.25) is 0 Å². The minimum atomic E-state index is -4.52. The van der Waals surface area contributed by atoms with Gasteiger partial charge in [-0.2, -0.15) is 13.2 Å². The average molecular weight is 492 g/mol. The molecule has 1 heterocycles. The maximum atomic E-state index is 13.0. The van der Waals surface area contributed by atoms with E-state index < -0.39 is 17.6 Å². The van der Waals surface area contributed by atoms with Crippen LogP contribution >= 0.6 is 0 Å². The lowest BCUT2D eigenvalue weighted by molar-refractivity contribution is -0.137. The van der Waals surface area contributed by atoms with Gasteiger partial charge in [0.05, 0.1) is 29.8 Å². The Hall–Kier alpha value is -4.04. The van der Waals surface area contributed by atoms with Crippen molar-refractivity contribution >= 4 is 11.6 Å². The quantitative estimate of drug-likeness (QED) is 0.320. The van der Waals surface area contributed by atoms with Gasteiger partial charge in [0, 0.05) is 23.0 Å². The van der Waals surface area contributed by atoms with E-state index in [0.717, 1.165) is 40.2 Å². The van der Waals surface area contributed by atoms with Crippen LogP contribution in [0.3, 0.4) is 0 Å². The Morgan fingerprint density at radius 2 is 1.75 bits per heavy atom. The van der Waals surface area contributed by atoms with Crippen LogP contribution in [0.15, 0.2) is 85.2 Å². The van der Waals surface area contributed by atoms with Gasteiger partial charge >= 0.3 is 6.18 Å². The zero-order chi connectivity index (χ0) is 25.7. The van der Waals surface area contributed by atoms with Gasteiger partial charge in [-0.3, -0.25) is 9.78 Å². The van der Waals surface area contributed by atoms with Gasteiger partial charge in [0.15, 0.2) is 0 Å². The number of anilines is 1. The number of aliphatic hydroxyl groups excluding tert-OH is 1. The number of hydrogen-bond donors (Lipinski definition) is 2. The van der Waals surface area contributed by atoms with E-state index in [2.05, 4.69) is 10.3 Å². The fourth-order valence-electron chi connectivity index (χ4n) is 3.82. The number of amides is 1. The normalized spacial score (nSPS) is 12.2. The second-order valence-corrected chi connectivity index (χ2v) is 8.51. The molecule has 8 heteroatoms. The highest BCUT2D eigenvalue weighted by Gasteiger charge is 2.30. The molecule has 0 aliphatic rings. The first-order chi connectivity index (χ1) is 17.2. The molecule has 0 radical (unpaired) electrons. The molecule has 0 unspecified atom stereocenters. The molecule has 0 fully saturated rings. The highest BCUT2D eigenvalue weighted by atomic mass is 19.4. The Morgan fingerprint density at radius 1 is 1.00 bits per heavy atom. The number of carbonyl (C=O) groups is 1. The second kappa shape index (κ2) is 10.7. The highest BCUT2D eigenvalue weighted by molar-refractivity contribution is 6.04. The van der Waals surface area contributed by atoms with Crippen molar-refractivity contribution < 1.29 is 23.1 Å². The summed E-state index contributed by atoms with van der Waals surface area (Å²) in [6, 6.07) is 19.0. The maximum Gasteiger partial charge on any atom is 0.416 e. The van der Waals surface area contributed by atoms with Crippen molar-refractivity contribution in [3.05, 3.63) is 113 Å². The molecule has 2 N–H and O–H groups in total. The summed E-state index contributed by atoms with van der Waals surface area (Å²) >= 11 is 0. The van der Waals surface area contributed by atoms with Crippen LogP contribution < -0.4 is 5.32 Å². The second-order valence-electron chi connectivity index (χ2n) is 8.51. The zero-order valence-corrected chi connectivity index (χ0v) is 19.5. The molecule has 1 atom stereocenters. The number of benzene rings is 3. The number of aliphatic hydroxyl groups is 1. The fourth-order valence-corrected chi connectivity index (χ4v) is 3.82. The van der Waals surface area contributed by atoms with E-state index in [1.807, 2.05) is 37.3 Å². The van der Waals surface area contributed by atoms with E-state index in [1.54, 1.807) is 30.6 Å². The van der Waals surface area contributed by atoms with Crippen LogP contribution in [0.25, 0.3) is 11.3 Å². The first kappa shape index (κ1) is 25.1. The first-order valence-electron chi connectivity index (χ1n) is 11.3. The number of halogens is 3. The molecule has 0 saturated carbocycles. The number of aromatic nitrogens is 2. The van der Waals surface area contributed by atoms with Crippen LogP contribution in [0.4, 0.5) is 18.9 Å². The predicted octanol–water partition coefficient (Wildman–Crippen LogP) is 6.25. The monoisotopic (exact) mass is 491 g/mol.